The summed E-state index contributed by atoms with van der Waals surface area (Å²) in [6.45, 7) is 3.05. The van der Waals surface area contributed by atoms with E-state index in [4.69, 9.17) is 10.8 Å². The van der Waals surface area contributed by atoms with Crippen molar-refractivity contribution in [2.45, 2.75) is 32.2 Å². The molecule has 86 valence electrons. The van der Waals surface area contributed by atoms with Crippen molar-refractivity contribution in [3.8, 4) is 0 Å². The predicted molar refractivity (Wildman–Crippen MR) is 55.2 cm³/mol. The largest absolute Gasteiger partial charge is 0.481 e. The van der Waals surface area contributed by atoms with E-state index in [0.29, 0.717) is 25.9 Å². The second kappa shape index (κ2) is 5.11. The number of amides is 1. The van der Waals surface area contributed by atoms with Crippen molar-refractivity contribution in [2.24, 2.45) is 11.7 Å². The van der Waals surface area contributed by atoms with Crippen LogP contribution in [0.15, 0.2) is 0 Å². The first kappa shape index (κ1) is 12.0. The molecule has 0 bridgehead atoms. The first-order chi connectivity index (χ1) is 6.99. The van der Waals surface area contributed by atoms with Crippen molar-refractivity contribution < 1.29 is 14.7 Å². The van der Waals surface area contributed by atoms with Gasteiger partial charge in [-0.25, -0.2) is 0 Å². The number of rotatable bonds is 5. The number of aliphatic carboxylic acids is 1. The molecule has 0 aromatic carbocycles. The zero-order valence-corrected chi connectivity index (χ0v) is 8.98. The number of carboxylic acid groups (broad SMARTS) is 1. The fraction of sp³-hybridized carbons (Fsp3) is 0.800. The van der Waals surface area contributed by atoms with Gasteiger partial charge < -0.3 is 15.7 Å². The van der Waals surface area contributed by atoms with Crippen LogP contribution in [-0.2, 0) is 9.59 Å². The SMILES string of the molecule is CC(N)CCC(=O)N1CC(CC(=O)O)C1. The van der Waals surface area contributed by atoms with Gasteiger partial charge in [0, 0.05) is 31.5 Å². The van der Waals surface area contributed by atoms with Crippen LogP contribution < -0.4 is 5.73 Å². The summed E-state index contributed by atoms with van der Waals surface area (Å²) >= 11 is 0. The fourth-order valence-corrected chi connectivity index (χ4v) is 1.66. The fourth-order valence-electron chi connectivity index (χ4n) is 1.66. The lowest BCUT2D eigenvalue weighted by atomic mass is 9.95. The Morgan fingerprint density at radius 2 is 2.13 bits per heavy atom. The molecule has 1 aliphatic rings. The topological polar surface area (TPSA) is 83.6 Å². The quantitative estimate of drug-likeness (QED) is 0.677. The molecule has 1 heterocycles. The molecule has 0 aromatic rings. The van der Waals surface area contributed by atoms with Gasteiger partial charge in [-0.1, -0.05) is 0 Å². The predicted octanol–water partition coefficient (Wildman–Crippen LogP) is 0.0469. The highest BCUT2D eigenvalue weighted by atomic mass is 16.4. The molecule has 0 aliphatic carbocycles. The summed E-state index contributed by atoms with van der Waals surface area (Å²) in [7, 11) is 0. The zero-order chi connectivity index (χ0) is 11.4. The molecule has 0 saturated carbocycles. The summed E-state index contributed by atoms with van der Waals surface area (Å²) in [6, 6.07) is 0.0463. The van der Waals surface area contributed by atoms with E-state index >= 15 is 0 Å². The van der Waals surface area contributed by atoms with Gasteiger partial charge in [0.15, 0.2) is 0 Å². The van der Waals surface area contributed by atoms with Crippen LogP contribution in [0.4, 0.5) is 0 Å². The molecule has 3 N–H and O–H groups in total. The molecule has 1 rings (SSSR count). The number of carbonyl (C=O) groups is 2. The number of hydrogen-bond acceptors (Lipinski definition) is 3. The van der Waals surface area contributed by atoms with Crippen LogP contribution in [0, 0.1) is 5.92 Å². The van der Waals surface area contributed by atoms with Gasteiger partial charge in [-0.15, -0.1) is 0 Å². The van der Waals surface area contributed by atoms with Crippen molar-refractivity contribution in [1.29, 1.82) is 0 Å². The molecule has 0 aromatic heterocycles. The molecular weight excluding hydrogens is 196 g/mol. The highest BCUT2D eigenvalue weighted by Crippen LogP contribution is 2.20. The van der Waals surface area contributed by atoms with Crippen molar-refractivity contribution >= 4 is 11.9 Å². The lowest BCUT2D eigenvalue weighted by molar-refractivity contribution is -0.145. The molecule has 1 atom stereocenters. The minimum atomic E-state index is -0.789. The molecule has 1 saturated heterocycles. The Morgan fingerprint density at radius 1 is 1.53 bits per heavy atom. The Morgan fingerprint density at radius 3 is 2.60 bits per heavy atom. The number of carboxylic acids is 1. The first-order valence-corrected chi connectivity index (χ1v) is 5.24. The first-order valence-electron chi connectivity index (χ1n) is 5.24. The van der Waals surface area contributed by atoms with Crippen molar-refractivity contribution in [2.75, 3.05) is 13.1 Å². The molecule has 1 aliphatic heterocycles. The second-order valence-corrected chi connectivity index (χ2v) is 4.28. The van der Waals surface area contributed by atoms with Crippen LogP contribution in [0.1, 0.15) is 26.2 Å². The van der Waals surface area contributed by atoms with Crippen LogP contribution in [-0.4, -0.2) is 41.0 Å². The maximum Gasteiger partial charge on any atom is 0.303 e. The summed E-state index contributed by atoms with van der Waals surface area (Å²) < 4.78 is 0. The minimum absolute atomic E-state index is 0.0463. The number of hydrogen-bond donors (Lipinski definition) is 2. The number of nitrogens with zero attached hydrogens (tertiary/aromatic N) is 1. The lowest BCUT2D eigenvalue weighted by Crippen LogP contribution is -2.50. The molecule has 5 nitrogen and oxygen atoms in total. The number of nitrogens with two attached hydrogens (primary N) is 1. The monoisotopic (exact) mass is 214 g/mol. The average molecular weight is 214 g/mol. The standard InChI is InChI=1S/C10H18N2O3/c1-7(11)2-3-9(13)12-5-8(6-12)4-10(14)15/h7-8H,2-6,11H2,1H3,(H,14,15). The van der Waals surface area contributed by atoms with Gasteiger partial charge in [0.2, 0.25) is 5.91 Å². The third-order valence-corrected chi connectivity index (χ3v) is 2.59. The Kier molecular flexibility index (Phi) is 4.08. The van der Waals surface area contributed by atoms with Crippen LogP contribution >= 0.6 is 0 Å². The number of carbonyl (C=O) groups excluding carboxylic acids is 1. The molecule has 1 fully saturated rings. The summed E-state index contributed by atoms with van der Waals surface area (Å²) in [5.74, 6) is -0.557. The third kappa shape index (κ3) is 3.87. The van der Waals surface area contributed by atoms with Gasteiger partial charge >= 0.3 is 5.97 Å². The van der Waals surface area contributed by atoms with Gasteiger partial charge in [-0.3, -0.25) is 9.59 Å². The van der Waals surface area contributed by atoms with Gasteiger partial charge in [-0.2, -0.15) is 0 Å². The Bertz CT molecular complexity index is 247. The van der Waals surface area contributed by atoms with Crippen LogP contribution in [0.5, 0.6) is 0 Å². The maximum atomic E-state index is 11.5. The second-order valence-electron chi connectivity index (χ2n) is 4.28. The minimum Gasteiger partial charge on any atom is -0.481 e. The Labute approximate surface area is 89.2 Å². The summed E-state index contributed by atoms with van der Waals surface area (Å²) in [5, 5.41) is 8.53. The van der Waals surface area contributed by atoms with E-state index in [2.05, 4.69) is 0 Å². The summed E-state index contributed by atoms with van der Waals surface area (Å²) in [5.41, 5.74) is 5.55. The Hall–Kier alpha value is -1.10. The molecule has 5 heteroatoms. The summed E-state index contributed by atoms with van der Waals surface area (Å²) in [6.07, 6.45) is 1.33. The number of likely N-dealkylation sites (tertiary alicyclic amines) is 1. The van der Waals surface area contributed by atoms with E-state index in [1.807, 2.05) is 6.92 Å². The van der Waals surface area contributed by atoms with Gasteiger partial charge in [0.05, 0.1) is 6.42 Å². The maximum absolute atomic E-state index is 11.5. The molecular formula is C10H18N2O3. The Balaban J connectivity index is 2.15. The van der Waals surface area contributed by atoms with Gasteiger partial charge in [0.25, 0.3) is 0 Å². The van der Waals surface area contributed by atoms with Crippen LogP contribution in [0.25, 0.3) is 0 Å². The van der Waals surface area contributed by atoms with E-state index in [0.717, 1.165) is 0 Å². The molecule has 0 radical (unpaired) electrons. The molecule has 1 amide bonds. The van der Waals surface area contributed by atoms with Crippen molar-refractivity contribution in [3.05, 3.63) is 0 Å². The van der Waals surface area contributed by atoms with Gasteiger partial charge in [-0.05, 0) is 13.3 Å². The van der Waals surface area contributed by atoms with E-state index in [9.17, 15) is 9.59 Å². The highest BCUT2D eigenvalue weighted by Gasteiger charge is 2.31. The normalized spacial score (nSPS) is 18.4. The molecule has 15 heavy (non-hydrogen) atoms. The van der Waals surface area contributed by atoms with Crippen molar-refractivity contribution in [3.63, 3.8) is 0 Å². The van der Waals surface area contributed by atoms with Gasteiger partial charge in [0.1, 0.15) is 0 Å². The zero-order valence-electron chi connectivity index (χ0n) is 8.98. The van der Waals surface area contributed by atoms with Crippen molar-refractivity contribution in [1.82, 2.24) is 4.90 Å². The highest BCUT2D eigenvalue weighted by molar-refractivity contribution is 5.77. The molecule has 0 spiro atoms. The third-order valence-electron chi connectivity index (χ3n) is 2.59. The van der Waals surface area contributed by atoms with Crippen LogP contribution in [0.2, 0.25) is 0 Å². The van der Waals surface area contributed by atoms with E-state index in [-0.39, 0.29) is 24.3 Å². The smallest absolute Gasteiger partial charge is 0.303 e. The van der Waals surface area contributed by atoms with E-state index in [1.165, 1.54) is 0 Å². The average Bonchev–Trinajstić information content (AvgIpc) is 2.06. The van der Waals surface area contributed by atoms with E-state index in [1.54, 1.807) is 4.90 Å². The van der Waals surface area contributed by atoms with Crippen LogP contribution in [0.3, 0.4) is 0 Å². The summed E-state index contributed by atoms with van der Waals surface area (Å²) in [4.78, 5) is 23.6. The molecule has 1 unspecified atom stereocenters. The lowest BCUT2D eigenvalue weighted by Gasteiger charge is -2.38. The van der Waals surface area contributed by atoms with E-state index < -0.39 is 5.97 Å².